The maximum Gasteiger partial charge on any atom is 0.289 e. The van der Waals surface area contributed by atoms with Gasteiger partial charge in [0.25, 0.3) is 5.91 Å². The molecule has 180 valence electrons. The van der Waals surface area contributed by atoms with Gasteiger partial charge in [-0.25, -0.2) is 0 Å². The van der Waals surface area contributed by atoms with E-state index in [1.807, 2.05) is 30.3 Å². The van der Waals surface area contributed by atoms with E-state index in [1.165, 1.54) is 0 Å². The van der Waals surface area contributed by atoms with E-state index < -0.39 is 29.7 Å². The van der Waals surface area contributed by atoms with Crippen LogP contribution in [0.2, 0.25) is 0 Å². The van der Waals surface area contributed by atoms with Gasteiger partial charge in [0.15, 0.2) is 0 Å². The van der Waals surface area contributed by atoms with Crippen LogP contribution in [-0.2, 0) is 32.1 Å². The highest BCUT2D eigenvalue weighted by Crippen LogP contribution is 2.23. The monoisotopic (exact) mass is 464 g/mol. The second-order valence-corrected chi connectivity index (χ2v) is 8.68. The Morgan fingerprint density at radius 3 is 2.32 bits per heavy atom. The van der Waals surface area contributed by atoms with E-state index in [0.29, 0.717) is 5.69 Å². The molecule has 3 amide bonds. The van der Waals surface area contributed by atoms with Crippen molar-refractivity contribution in [3.8, 4) is 0 Å². The lowest BCUT2D eigenvalue weighted by atomic mass is 9.88. The number of nitrogens with zero attached hydrogens (tertiary/aromatic N) is 1. The van der Waals surface area contributed by atoms with E-state index in [4.69, 9.17) is 0 Å². The average Bonchev–Trinajstić information content (AvgIpc) is 2.88. The number of amides is 3. The Kier molecular flexibility index (Phi) is 9.31. The van der Waals surface area contributed by atoms with Crippen LogP contribution < -0.4 is 16.0 Å². The van der Waals surface area contributed by atoms with Gasteiger partial charge in [-0.1, -0.05) is 55.7 Å². The third-order valence-corrected chi connectivity index (χ3v) is 6.02. The van der Waals surface area contributed by atoms with Gasteiger partial charge in [0.1, 0.15) is 12.1 Å². The smallest absolute Gasteiger partial charge is 0.289 e. The third kappa shape index (κ3) is 7.50. The summed E-state index contributed by atoms with van der Waals surface area (Å²) in [6.45, 7) is 1.69. The first-order valence-electron chi connectivity index (χ1n) is 11.8. The second-order valence-electron chi connectivity index (χ2n) is 8.68. The summed E-state index contributed by atoms with van der Waals surface area (Å²) < 4.78 is 0. The molecule has 2 aromatic rings. The van der Waals surface area contributed by atoms with Crippen LogP contribution in [0.3, 0.4) is 0 Å². The maximum absolute atomic E-state index is 13.0. The molecular formula is C26H32N4O4. The molecule has 3 N–H and O–H groups in total. The van der Waals surface area contributed by atoms with E-state index in [0.717, 1.165) is 37.7 Å². The van der Waals surface area contributed by atoms with E-state index in [9.17, 15) is 19.2 Å². The summed E-state index contributed by atoms with van der Waals surface area (Å²) in [5.74, 6) is -2.27. The fraction of sp³-hybridized carbons (Fsp3) is 0.423. The summed E-state index contributed by atoms with van der Waals surface area (Å²) in [5.41, 5.74) is 1.42. The molecule has 1 aromatic carbocycles. The fourth-order valence-corrected chi connectivity index (χ4v) is 4.04. The number of rotatable bonds is 10. The Balaban J connectivity index is 1.62. The van der Waals surface area contributed by atoms with Crippen LogP contribution >= 0.6 is 0 Å². The lowest BCUT2D eigenvalue weighted by Crippen LogP contribution is -2.54. The van der Waals surface area contributed by atoms with Crippen LogP contribution in [0, 0.1) is 5.92 Å². The summed E-state index contributed by atoms with van der Waals surface area (Å²) in [4.78, 5) is 55.0. The number of carbonyl (C=O) groups is 4. The SMILES string of the molecule is C[C@@H](NC(=O)C1CCCCC1)C(=O)N[C@H](Cc1ccccc1)C(=O)C(=O)NCc1ccccn1. The molecule has 0 spiro atoms. The van der Waals surface area contributed by atoms with Crippen molar-refractivity contribution in [2.75, 3.05) is 0 Å². The maximum atomic E-state index is 13.0. The zero-order chi connectivity index (χ0) is 24.3. The lowest BCUT2D eigenvalue weighted by molar-refractivity contribution is -0.140. The number of hydrogen-bond donors (Lipinski definition) is 3. The number of hydrogen-bond acceptors (Lipinski definition) is 5. The molecule has 0 aliphatic heterocycles. The number of ketones is 1. The third-order valence-electron chi connectivity index (χ3n) is 6.02. The highest BCUT2D eigenvalue weighted by atomic mass is 16.2. The molecule has 2 atom stereocenters. The Bertz CT molecular complexity index is 975. The summed E-state index contributed by atoms with van der Waals surface area (Å²) >= 11 is 0. The lowest BCUT2D eigenvalue weighted by Gasteiger charge is -2.24. The number of carbonyl (C=O) groups excluding carboxylic acids is 4. The minimum atomic E-state index is -1.06. The average molecular weight is 465 g/mol. The van der Waals surface area contributed by atoms with E-state index in [2.05, 4.69) is 20.9 Å². The molecule has 1 aliphatic rings. The molecule has 1 fully saturated rings. The molecule has 1 aliphatic carbocycles. The van der Waals surface area contributed by atoms with Gasteiger partial charge in [-0.15, -0.1) is 0 Å². The van der Waals surface area contributed by atoms with Gasteiger partial charge < -0.3 is 16.0 Å². The molecule has 0 unspecified atom stereocenters. The Morgan fingerprint density at radius 2 is 1.65 bits per heavy atom. The van der Waals surface area contributed by atoms with Crippen molar-refractivity contribution in [3.63, 3.8) is 0 Å². The normalized spacial score (nSPS) is 15.6. The zero-order valence-corrected chi connectivity index (χ0v) is 19.5. The topological polar surface area (TPSA) is 117 Å². The second kappa shape index (κ2) is 12.6. The highest BCUT2D eigenvalue weighted by molar-refractivity contribution is 6.38. The molecule has 1 heterocycles. The predicted molar refractivity (Wildman–Crippen MR) is 127 cm³/mol. The van der Waals surface area contributed by atoms with Crippen LogP contribution in [-0.4, -0.2) is 40.6 Å². The van der Waals surface area contributed by atoms with Gasteiger partial charge in [-0.3, -0.25) is 24.2 Å². The molecule has 0 bridgehead atoms. The quantitative estimate of drug-likeness (QED) is 0.466. The zero-order valence-electron chi connectivity index (χ0n) is 19.5. The molecule has 1 aromatic heterocycles. The van der Waals surface area contributed by atoms with E-state index >= 15 is 0 Å². The molecule has 1 saturated carbocycles. The van der Waals surface area contributed by atoms with Crippen LogP contribution in [0.5, 0.6) is 0 Å². The molecule has 8 nitrogen and oxygen atoms in total. The summed E-state index contributed by atoms with van der Waals surface area (Å²) in [7, 11) is 0. The van der Waals surface area contributed by atoms with Gasteiger partial charge in [-0.05, 0) is 37.5 Å². The summed E-state index contributed by atoms with van der Waals surface area (Å²) in [6, 6.07) is 12.6. The number of pyridine rings is 1. The number of aromatic nitrogens is 1. The van der Waals surface area contributed by atoms with Crippen molar-refractivity contribution in [1.82, 2.24) is 20.9 Å². The molecule has 0 saturated heterocycles. The Labute approximate surface area is 199 Å². The highest BCUT2D eigenvalue weighted by Gasteiger charge is 2.30. The molecule has 0 radical (unpaired) electrons. The number of benzene rings is 1. The van der Waals surface area contributed by atoms with Gasteiger partial charge in [0.05, 0.1) is 12.2 Å². The number of nitrogens with one attached hydrogen (secondary N) is 3. The van der Waals surface area contributed by atoms with Crippen LogP contribution in [0.15, 0.2) is 54.7 Å². The first kappa shape index (κ1) is 25.1. The van der Waals surface area contributed by atoms with Crippen LogP contribution in [0.1, 0.15) is 50.3 Å². The molecular weight excluding hydrogens is 432 g/mol. The Morgan fingerprint density at radius 1 is 0.941 bits per heavy atom. The van der Waals surface area contributed by atoms with Gasteiger partial charge in [0.2, 0.25) is 17.6 Å². The van der Waals surface area contributed by atoms with Crippen LogP contribution in [0.4, 0.5) is 0 Å². The van der Waals surface area contributed by atoms with Gasteiger partial charge >= 0.3 is 0 Å². The van der Waals surface area contributed by atoms with Crippen molar-refractivity contribution < 1.29 is 19.2 Å². The van der Waals surface area contributed by atoms with E-state index in [-0.39, 0.29) is 24.8 Å². The standard InChI is InChI=1S/C26H32N4O4/c1-18(29-25(33)20-12-6-3-7-13-20)24(32)30-22(16-19-10-4-2-5-11-19)23(31)26(34)28-17-21-14-8-9-15-27-21/h2,4-5,8-11,14-15,18,20,22H,3,6-7,12-13,16-17H2,1H3,(H,28,34)(H,29,33)(H,30,32)/t18-,22-/m1/s1. The fourth-order valence-electron chi connectivity index (χ4n) is 4.04. The Hall–Kier alpha value is -3.55. The summed E-state index contributed by atoms with van der Waals surface area (Å²) in [6.07, 6.45) is 6.57. The van der Waals surface area contributed by atoms with E-state index in [1.54, 1.807) is 31.3 Å². The summed E-state index contributed by atoms with van der Waals surface area (Å²) in [5, 5.41) is 8.01. The minimum Gasteiger partial charge on any atom is -0.344 e. The van der Waals surface area contributed by atoms with Crippen molar-refractivity contribution in [2.45, 2.75) is 64.1 Å². The van der Waals surface area contributed by atoms with Crippen molar-refractivity contribution in [2.24, 2.45) is 5.92 Å². The van der Waals surface area contributed by atoms with Gasteiger partial charge in [0, 0.05) is 18.5 Å². The van der Waals surface area contributed by atoms with Gasteiger partial charge in [-0.2, -0.15) is 0 Å². The molecule has 8 heteroatoms. The first-order valence-corrected chi connectivity index (χ1v) is 11.8. The molecule has 3 rings (SSSR count). The van der Waals surface area contributed by atoms with Crippen molar-refractivity contribution >= 4 is 23.5 Å². The largest absolute Gasteiger partial charge is 0.344 e. The van der Waals surface area contributed by atoms with Crippen molar-refractivity contribution in [1.29, 1.82) is 0 Å². The first-order chi connectivity index (χ1) is 16.4. The number of Topliss-reactive ketones (excluding diaryl/α,β-unsaturated/α-hetero) is 1. The van der Waals surface area contributed by atoms with Crippen LogP contribution in [0.25, 0.3) is 0 Å². The van der Waals surface area contributed by atoms with Crippen molar-refractivity contribution in [3.05, 3.63) is 66.0 Å². The molecule has 34 heavy (non-hydrogen) atoms. The minimum absolute atomic E-state index is 0.0804. The predicted octanol–water partition coefficient (Wildman–Crippen LogP) is 2.08.